The van der Waals surface area contributed by atoms with Crippen LogP contribution in [0, 0.1) is 0 Å². The first kappa shape index (κ1) is 9.37. The van der Waals surface area contributed by atoms with E-state index in [1.54, 1.807) is 11.3 Å². The molecule has 0 aliphatic rings. The van der Waals surface area contributed by atoms with Crippen LogP contribution in [-0.4, -0.2) is 4.99 Å². The van der Waals surface area contributed by atoms with Gasteiger partial charge in [0.1, 0.15) is 4.99 Å². The van der Waals surface area contributed by atoms with Gasteiger partial charge in [0, 0.05) is 16.6 Å². The van der Waals surface area contributed by atoms with Crippen LogP contribution in [0.2, 0.25) is 0 Å². The number of thiophene rings is 1. The van der Waals surface area contributed by atoms with E-state index in [4.69, 9.17) is 12.2 Å². The molecule has 2 rings (SSSR count). The Morgan fingerprint density at radius 1 is 1.14 bits per heavy atom. The molecule has 0 fully saturated rings. The van der Waals surface area contributed by atoms with E-state index < -0.39 is 0 Å². The molecule has 1 aromatic carbocycles. The third-order valence-electron chi connectivity index (χ3n) is 1.82. The van der Waals surface area contributed by atoms with Crippen LogP contribution < -0.4 is 5.32 Å². The lowest BCUT2D eigenvalue weighted by Crippen LogP contribution is -2.08. The van der Waals surface area contributed by atoms with Crippen molar-refractivity contribution >= 4 is 34.2 Å². The minimum Gasteiger partial charge on any atom is -0.346 e. The van der Waals surface area contributed by atoms with Gasteiger partial charge in [-0.25, -0.2) is 0 Å². The molecule has 0 saturated heterocycles. The summed E-state index contributed by atoms with van der Waals surface area (Å²) in [4.78, 5) is 0.775. The van der Waals surface area contributed by atoms with Gasteiger partial charge >= 0.3 is 0 Å². The summed E-state index contributed by atoms with van der Waals surface area (Å²) < 4.78 is 0. The second kappa shape index (κ2) is 4.35. The molecule has 1 aromatic heterocycles. The molecule has 0 saturated carbocycles. The molecule has 0 atom stereocenters. The third kappa shape index (κ3) is 2.19. The van der Waals surface area contributed by atoms with E-state index >= 15 is 0 Å². The quantitative estimate of drug-likeness (QED) is 0.775. The number of anilines is 1. The number of hydrogen-bond donors (Lipinski definition) is 1. The molecule has 1 N–H and O–H groups in total. The molecule has 2 aromatic rings. The maximum Gasteiger partial charge on any atom is 0.111 e. The molecular weight excluding hydrogens is 210 g/mol. The Labute approximate surface area is 92.4 Å². The van der Waals surface area contributed by atoms with Crippen LogP contribution in [0.4, 0.5) is 5.69 Å². The molecule has 1 nitrogen and oxygen atoms in total. The molecular formula is C11H9NS2. The lowest BCUT2D eigenvalue weighted by Gasteiger charge is -2.05. The maximum atomic E-state index is 5.25. The number of benzene rings is 1. The number of hydrogen-bond acceptors (Lipinski definition) is 2. The first-order chi connectivity index (χ1) is 6.86. The average Bonchev–Trinajstić information content (AvgIpc) is 2.72. The Bertz CT molecular complexity index is 406. The molecule has 70 valence electrons. The van der Waals surface area contributed by atoms with Gasteiger partial charge in [-0.15, -0.1) is 0 Å². The van der Waals surface area contributed by atoms with E-state index in [0.717, 1.165) is 16.2 Å². The first-order valence-corrected chi connectivity index (χ1v) is 5.60. The molecule has 0 aliphatic heterocycles. The van der Waals surface area contributed by atoms with Crippen LogP contribution in [0.15, 0.2) is 47.2 Å². The van der Waals surface area contributed by atoms with Gasteiger partial charge in [-0.1, -0.05) is 30.4 Å². The van der Waals surface area contributed by atoms with Crippen LogP contribution >= 0.6 is 23.6 Å². The Balaban J connectivity index is 2.10. The van der Waals surface area contributed by atoms with Crippen LogP contribution in [0.3, 0.4) is 0 Å². The summed E-state index contributed by atoms with van der Waals surface area (Å²) in [5.41, 5.74) is 2.11. The Morgan fingerprint density at radius 3 is 2.57 bits per heavy atom. The van der Waals surface area contributed by atoms with Crippen molar-refractivity contribution in [1.29, 1.82) is 0 Å². The lowest BCUT2D eigenvalue weighted by atomic mass is 10.3. The Morgan fingerprint density at radius 2 is 1.93 bits per heavy atom. The monoisotopic (exact) mass is 219 g/mol. The van der Waals surface area contributed by atoms with Gasteiger partial charge in [0.2, 0.25) is 0 Å². The molecule has 0 spiro atoms. The van der Waals surface area contributed by atoms with E-state index in [0.29, 0.717) is 0 Å². The zero-order valence-corrected chi connectivity index (χ0v) is 9.07. The first-order valence-electron chi connectivity index (χ1n) is 4.25. The molecule has 0 unspecified atom stereocenters. The highest BCUT2D eigenvalue weighted by Gasteiger charge is 2.00. The van der Waals surface area contributed by atoms with Gasteiger partial charge in [-0.2, -0.15) is 11.3 Å². The molecule has 3 heteroatoms. The predicted molar refractivity (Wildman–Crippen MR) is 66.1 cm³/mol. The van der Waals surface area contributed by atoms with Crippen molar-refractivity contribution in [3.63, 3.8) is 0 Å². The zero-order chi connectivity index (χ0) is 9.80. The molecule has 0 bridgehead atoms. The highest BCUT2D eigenvalue weighted by Crippen LogP contribution is 2.11. The standard InChI is InChI=1S/C11H9NS2/c13-11(9-6-7-14-8-9)12-10-4-2-1-3-5-10/h1-8H,(H,12,13). The van der Waals surface area contributed by atoms with Crippen LogP contribution in [-0.2, 0) is 0 Å². The Hall–Kier alpha value is -1.19. The average molecular weight is 219 g/mol. The highest BCUT2D eigenvalue weighted by atomic mass is 32.1. The van der Waals surface area contributed by atoms with E-state index in [1.807, 2.05) is 47.2 Å². The van der Waals surface area contributed by atoms with Crippen molar-refractivity contribution in [3.05, 3.63) is 52.7 Å². The SMILES string of the molecule is S=C(Nc1ccccc1)c1ccsc1. The van der Waals surface area contributed by atoms with Gasteiger partial charge in [-0.3, -0.25) is 0 Å². The lowest BCUT2D eigenvalue weighted by molar-refractivity contribution is 1.64. The van der Waals surface area contributed by atoms with Crippen LogP contribution in [0.1, 0.15) is 5.56 Å². The summed E-state index contributed by atoms with van der Waals surface area (Å²) in [6, 6.07) is 12.0. The summed E-state index contributed by atoms with van der Waals surface area (Å²) in [6.07, 6.45) is 0. The second-order valence-corrected chi connectivity index (χ2v) is 4.02. The number of para-hydroxylation sites is 1. The number of rotatable bonds is 2. The van der Waals surface area contributed by atoms with Gasteiger partial charge < -0.3 is 5.32 Å². The second-order valence-electron chi connectivity index (χ2n) is 2.83. The largest absolute Gasteiger partial charge is 0.346 e. The molecule has 0 amide bonds. The summed E-state index contributed by atoms with van der Waals surface area (Å²) in [5.74, 6) is 0. The fourth-order valence-electron chi connectivity index (χ4n) is 1.12. The smallest absolute Gasteiger partial charge is 0.111 e. The minimum absolute atomic E-state index is 0.775. The molecule has 0 aliphatic carbocycles. The molecule has 0 radical (unpaired) electrons. The number of nitrogens with one attached hydrogen (secondary N) is 1. The third-order valence-corrected chi connectivity index (χ3v) is 2.84. The molecule has 14 heavy (non-hydrogen) atoms. The normalized spacial score (nSPS) is 9.71. The summed E-state index contributed by atoms with van der Waals surface area (Å²) >= 11 is 6.90. The molecule has 1 heterocycles. The van der Waals surface area contributed by atoms with Crippen molar-refractivity contribution < 1.29 is 0 Å². The maximum absolute atomic E-state index is 5.25. The van der Waals surface area contributed by atoms with Gasteiger partial charge in [0.15, 0.2) is 0 Å². The van der Waals surface area contributed by atoms with Crippen molar-refractivity contribution in [2.24, 2.45) is 0 Å². The van der Waals surface area contributed by atoms with Crippen molar-refractivity contribution in [1.82, 2.24) is 0 Å². The summed E-state index contributed by atoms with van der Waals surface area (Å²) in [6.45, 7) is 0. The van der Waals surface area contributed by atoms with Crippen molar-refractivity contribution in [2.45, 2.75) is 0 Å². The zero-order valence-electron chi connectivity index (χ0n) is 7.44. The van der Waals surface area contributed by atoms with E-state index in [-0.39, 0.29) is 0 Å². The van der Waals surface area contributed by atoms with Gasteiger partial charge in [-0.05, 0) is 23.6 Å². The minimum atomic E-state index is 0.775. The summed E-state index contributed by atoms with van der Waals surface area (Å²) in [7, 11) is 0. The van der Waals surface area contributed by atoms with Gasteiger partial charge in [0.25, 0.3) is 0 Å². The number of thiocarbonyl (C=S) groups is 1. The predicted octanol–water partition coefficient (Wildman–Crippen LogP) is 3.54. The van der Waals surface area contributed by atoms with Crippen LogP contribution in [0.25, 0.3) is 0 Å². The summed E-state index contributed by atoms with van der Waals surface area (Å²) in [5, 5.41) is 7.24. The fourth-order valence-corrected chi connectivity index (χ4v) is 2.08. The van der Waals surface area contributed by atoms with Gasteiger partial charge in [0.05, 0.1) is 0 Å². The van der Waals surface area contributed by atoms with Crippen LogP contribution in [0.5, 0.6) is 0 Å². The van der Waals surface area contributed by atoms with Crippen molar-refractivity contribution in [3.8, 4) is 0 Å². The van der Waals surface area contributed by atoms with E-state index in [9.17, 15) is 0 Å². The Kier molecular flexibility index (Phi) is 2.91. The topological polar surface area (TPSA) is 12.0 Å². The van der Waals surface area contributed by atoms with E-state index in [1.165, 1.54) is 0 Å². The van der Waals surface area contributed by atoms with Crippen molar-refractivity contribution in [2.75, 3.05) is 5.32 Å². The fraction of sp³-hybridized carbons (Fsp3) is 0. The highest BCUT2D eigenvalue weighted by molar-refractivity contribution is 7.81. The van der Waals surface area contributed by atoms with E-state index in [2.05, 4.69) is 5.32 Å².